The van der Waals surface area contributed by atoms with Crippen molar-refractivity contribution in [2.45, 2.75) is 13.3 Å². The van der Waals surface area contributed by atoms with Gasteiger partial charge in [-0.1, -0.05) is 12.1 Å². The molecule has 128 valence electrons. The Hall–Kier alpha value is -3.02. The SMILES string of the molecule is CC(=O)Nc1ccc(CCNc2ccnc3c(F)cc(F)cc23)cc1. The van der Waals surface area contributed by atoms with Gasteiger partial charge in [-0.05, 0) is 36.2 Å². The molecule has 0 saturated heterocycles. The summed E-state index contributed by atoms with van der Waals surface area (Å²) in [6.07, 6.45) is 2.22. The van der Waals surface area contributed by atoms with Crippen LogP contribution in [0.3, 0.4) is 0 Å². The fourth-order valence-electron chi connectivity index (χ4n) is 2.63. The average molecular weight is 341 g/mol. The molecule has 25 heavy (non-hydrogen) atoms. The number of amides is 1. The zero-order valence-electron chi connectivity index (χ0n) is 13.6. The summed E-state index contributed by atoms with van der Waals surface area (Å²) in [7, 11) is 0. The Kier molecular flexibility index (Phi) is 4.88. The molecule has 2 aromatic carbocycles. The molecule has 3 rings (SSSR count). The maximum atomic E-state index is 13.8. The second-order valence-electron chi connectivity index (χ2n) is 5.70. The third-order valence-electron chi connectivity index (χ3n) is 3.77. The molecule has 0 radical (unpaired) electrons. The van der Waals surface area contributed by atoms with Gasteiger partial charge in [0, 0.05) is 42.5 Å². The normalized spacial score (nSPS) is 10.7. The molecule has 2 N–H and O–H groups in total. The number of hydrogen-bond donors (Lipinski definition) is 2. The summed E-state index contributed by atoms with van der Waals surface area (Å²) >= 11 is 0. The number of anilines is 2. The summed E-state index contributed by atoms with van der Waals surface area (Å²) in [4.78, 5) is 15.0. The van der Waals surface area contributed by atoms with E-state index in [1.807, 2.05) is 24.3 Å². The Labute approximate surface area is 143 Å². The highest BCUT2D eigenvalue weighted by atomic mass is 19.1. The Morgan fingerprint density at radius 3 is 2.60 bits per heavy atom. The quantitative estimate of drug-likeness (QED) is 0.734. The number of hydrogen-bond acceptors (Lipinski definition) is 3. The van der Waals surface area contributed by atoms with E-state index in [9.17, 15) is 13.6 Å². The lowest BCUT2D eigenvalue weighted by molar-refractivity contribution is -0.114. The van der Waals surface area contributed by atoms with Crippen LogP contribution in [0.2, 0.25) is 0 Å². The summed E-state index contributed by atoms with van der Waals surface area (Å²) < 4.78 is 27.2. The minimum absolute atomic E-state index is 0.113. The highest BCUT2D eigenvalue weighted by Gasteiger charge is 2.09. The van der Waals surface area contributed by atoms with Crippen molar-refractivity contribution in [1.82, 2.24) is 4.98 Å². The predicted octanol–water partition coefficient (Wildman–Crippen LogP) is 4.13. The lowest BCUT2D eigenvalue weighted by Crippen LogP contribution is -2.07. The second kappa shape index (κ2) is 7.25. The van der Waals surface area contributed by atoms with Crippen LogP contribution in [0, 0.1) is 11.6 Å². The lowest BCUT2D eigenvalue weighted by Gasteiger charge is -2.10. The molecule has 0 aliphatic rings. The molecule has 0 bridgehead atoms. The molecular weight excluding hydrogens is 324 g/mol. The van der Waals surface area contributed by atoms with Crippen molar-refractivity contribution in [3.8, 4) is 0 Å². The zero-order valence-corrected chi connectivity index (χ0v) is 13.6. The van der Waals surface area contributed by atoms with Gasteiger partial charge in [0.05, 0.1) is 0 Å². The largest absolute Gasteiger partial charge is 0.384 e. The zero-order chi connectivity index (χ0) is 17.8. The first-order valence-electron chi connectivity index (χ1n) is 7.87. The molecule has 0 aliphatic heterocycles. The first kappa shape index (κ1) is 16.8. The Balaban J connectivity index is 1.68. The molecular formula is C19H17F2N3O. The summed E-state index contributed by atoms with van der Waals surface area (Å²) in [5.74, 6) is -1.42. The molecule has 0 spiro atoms. The third-order valence-corrected chi connectivity index (χ3v) is 3.77. The van der Waals surface area contributed by atoms with Crippen LogP contribution in [0.25, 0.3) is 10.9 Å². The van der Waals surface area contributed by atoms with Crippen molar-refractivity contribution < 1.29 is 13.6 Å². The molecule has 0 saturated carbocycles. The predicted molar refractivity (Wildman–Crippen MR) is 94.6 cm³/mol. The van der Waals surface area contributed by atoms with E-state index in [1.165, 1.54) is 19.2 Å². The maximum Gasteiger partial charge on any atom is 0.221 e. The molecule has 1 aromatic heterocycles. The van der Waals surface area contributed by atoms with Crippen LogP contribution in [-0.2, 0) is 11.2 Å². The molecule has 1 heterocycles. The van der Waals surface area contributed by atoms with E-state index in [-0.39, 0.29) is 11.4 Å². The minimum Gasteiger partial charge on any atom is -0.384 e. The first-order chi connectivity index (χ1) is 12.0. The van der Waals surface area contributed by atoms with Crippen LogP contribution in [-0.4, -0.2) is 17.4 Å². The molecule has 3 aromatic rings. The fourth-order valence-corrected chi connectivity index (χ4v) is 2.63. The molecule has 0 aliphatic carbocycles. The molecule has 1 amide bonds. The number of benzene rings is 2. The monoisotopic (exact) mass is 341 g/mol. The van der Waals surface area contributed by atoms with Crippen LogP contribution in [0.5, 0.6) is 0 Å². The van der Waals surface area contributed by atoms with E-state index < -0.39 is 11.6 Å². The van der Waals surface area contributed by atoms with Gasteiger partial charge in [0.25, 0.3) is 0 Å². The summed E-state index contributed by atoms with van der Waals surface area (Å²) in [6.45, 7) is 2.05. The average Bonchev–Trinajstić information content (AvgIpc) is 2.56. The Morgan fingerprint density at radius 1 is 1.12 bits per heavy atom. The van der Waals surface area contributed by atoms with Crippen LogP contribution in [0.4, 0.5) is 20.2 Å². The number of carbonyl (C=O) groups is 1. The number of fused-ring (bicyclic) bond motifs is 1. The summed E-state index contributed by atoms with van der Waals surface area (Å²) in [5.41, 5.74) is 2.61. The van der Waals surface area contributed by atoms with Crippen LogP contribution in [0.15, 0.2) is 48.7 Å². The fraction of sp³-hybridized carbons (Fsp3) is 0.158. The smallest absolute Gasteiger partial charge is 0.221 e. The topological polar surface area (TPSA) is 54.0 Å². The van der Waals surface area contributed by atoms with Crippen molar-refractivity contribution in [3.05, 3.63) is 65.9 Å². The number of halogens is 2. The number of nitrogens with one attached hydrogen (secondary N) is 2. The van der Waals surface area contributed by atoms with Crippen molar-refractivity contribution in [1.29, 1.82) is 0 Å². The molecule has 0 atom stereocenters. The van der Waals surface area contributed by atoms with Crippen molar-refractivity contribution >= 4 is 28.2 Å². The van der Waals surface area contributed by atoms with E-state index in [4.69, 9.17) is 0 Å². The summed E-state index contributed by atoms with van der Waals surface area (Å²) in [6, 6.07) is 11.3. The van der Waals surface area contributed by atoms with Crippen molar-refractivity contribution in [2.24, 2.45) is 0 Å². The molecule has 0 unspecified atom stereocenters. The molecule has 4 nitrogen and oxygen atoms in total. The van der Waals surface area contributed by atoms with Crippen molar-refractivity contribution in [2.75, 3.05) is 17.2 Å². The number of aromatic nitrogens is 1. The van der Waals surface area contributed by atoms with E-state index in [2.05, 4.69) is 15.6 Å². The number of rotatable bonds is 5. The second-order valence-corrected chi connectivity index (χ2v) is 5.70. The van der Waals surface area contributed by atoms with Gasteiger partial charge < -0.3 is 10.6 Å². The summed E-state index contributed by atoms with van der Waals surface area (Å²) in [5, 5.41) is 6.32. The highest BCUT2D eigenvalue weighted by Crippen LogP contribution is 2.24. The Bertz CT molecular complexity index is 910. The van der Waals surface area contributed by atoms with Gasteiger partial charge in [-0.25, -0.2) is 8.78 Å². The maximum absolute atomic E-state index is 13.8. The first-order valence-corrected chi connectivity index (χ1v) is 7.87. The number of pyridine rings is 1. The van der Waals surface area contributed by atoms with Gasteiger partial charge in [-0.3, -0.25) is 9.78 Å². The van der Waals surface area contributed by atoms with Gasteiger partial charge in [-0.15, -0.1) is 0 Å². The van der Waals surface area contributed by atoms with E-state index in [0.29, 0.717) is 17.6 Å². The van der Waals surface area contributed by atoms with Gasteiger partial charge in [0.2, 0.25) is 5.91 Å². The number of nitrogens with zero attached hydrogens (tertiary/aromatic N) is 1. The highest BCUT2D eigenvalue weighted by molar-refractivity contribution is 5.91. The standard InChI is InChI=1S/C19H17F2N3O/c1-12(25)24-15-4-2-13(3-5-15)6-8-22-18-7-9-23-19-16(18)10-14(20)11-17(19)21/h2-5,7,9-11H,6,8H2,1H3,(H,22,23)(H,24,25). The van der Waals surface area contributed by atoms with Gasteiger partial charge in [0.1, 0.15) is 11.3 Å². The third kappa shape index (κ3) is 4.09. The van der Waals surface area contributed by atoms with E-state index in [0.717, 1.165) is 23.7 Å². The molecule has 6 heteroatoms. The van der Waals surface area contributed by atoms with Crippen LogP contribution < -0.4 is 10.6 Å². The van der Waals surface area contributed by atoms with Crippen LogP contribution >= 0.6 is 0 Å². The van der Waals surface area contributed by atoms with Gasteiger partial charge in [0.15, 0.2) is 5.82 Å². The molecule has 0 fully saturated rings. The van der Waals surface area contributed by atoms with Crippen molar-refractivity contribution in [3.63, 3.8) is 0 Å². The van der Waals surface area contributed by atoms with E-state index >= 15 is 0 Å². The van der Waals surface area contributed by atoms with E-state index in [1.54, 1.807) is 6.07 Å². The number of carbonyl (C=O) groups excluding carboxylic acids is 1. The lowest BCUT2D eigenvalue weighted by atomic mass is 10.1. The van der Waals surface area contributed by atoms with Gasteiger partial charge >= 0.3 is 0 Å². The van der Waals surface area contributed by atoms with Gasteiger partial charge in [-0.2, -0.15) is 0 Å². The van der Waals surface area contributed by atoms with Crippen LogP contribution in [0.1, 0.15) is 12.5 Å². The Morgan fingerprint density at radius 2 is 1.88 bits per heavy atom. The minimum atomic E-state index is -0.674.